The van der Waals surface area contributed by atoms with Gasteiger partial charge in [0.2, 0.25) is 10.0 Å². The predicted molar refractivity (Wildman–Crippen MR) is 86.3 cm³/mol. The average Bonchev–Trinajstić information content (AvgIpc) is 2.46. The van der Waals surface area contributed by atoms with Crippen molar-refractivity contribution in [1.82, 2.24) is 9.21 Å². The summed E-state index contributed by atoms with van der Waals surface area (Å²) in [7, 11) is -1.56. The minimum Gasteiger partial charge on any atom is -0.388 e. The molecule has 21 heavy (non-hydrogen) atoms. The van der Waals surface area contributed by atoms with Gasteiger partial charge in [0.05, 0.1) is 4.90 Å². The smallest absolute Gasteiger partial charge is 0.243 e. The van der Waals surface area contributed by atoms with Gasteiger partial charge in [0.15, 0.2) is 0 Å². The summed E-state index contributed by atoms with van der Waals surface area (Å²) in [6, 6.07) is 3.78. The van der Waals surface area contributed by atoms with E-state index in [0.29, 0.717) is 18.0 Å². The number of hydrogen-bond acceptors (Lipinski definition) is 4. The van der Waals surface area contributed by atoms with E-state index < -0.39 is 10.0 Å². The van der Waals surface area contributed by atoms with Gasteiger partial charge in [-0.15, -0.1) is 0 Å². The summed E-state index contributed by atoms with van der Waals surface area (Å²) < 4.78 is 27.4. The Bertz CT molecular complexity index is 582. The molecule has 1 aliphatic rings. The molecule has 0 spiro atoms. The van der Waals surface area contributed by atoms with Crippen LogP contribution in [0, 0.1) is 13.8 Å². The third kappa shape index (κ3) is 3.22. The number of sulfonamides is 1. The van der Waals surface area contributed by atoms with Gasteiger partial charge in [-0.3, -0.25) is 0 Å². The van der Waals surface area contributed by atoms with E-state index >= 15 is 0 Å². The number of anilines is 1. The summed E-state index contributed by atoms with van der Waals surface area (Å²) in [6.45, 7) is 9.57. The number of rotatable bonds is 4. The van der Waals surface area contributed by atoms with Gasteiger partial charge < -0.3 is 10.2 Å². The van der Waals surface area contributed by atoms with Crippen molar-refractivity contribution >= 4 is 15.7 Å². The quantitative estimate of drug-likeness (QED) is 0.919. The Kier molecular flexibility index (Phi) is 4.91. The molecule has 0 aliphatic carbocycles. The van der Waals surface area contributed by atoms with Crippen LogP contribution < -0.4 is 5.32 Å². The van der Waals surface area contributed by atoms with Crippen LogP contribution in [0.15, 0.2) is 17.0 Å². The zero-order chi connectivity index (χ0) is 15.6. The SMILES string of the molecule is CCN1CCN(S(=O)(=O)c2c(C)cc(NC)cc2C)CC1. The maximum atomic E-state index is 12.9. The molecule has 0 radical (unpaired) electrons. The number of likely N-dealkylation sites (N-methyl/N-ethyl adjacent to an activating group) is 1. The Morgan fingerprint density at radius 3 is 2.05 bits per heavy atom. The number of benzene rings is 1. The lowest BCUT2D eigenvalue weighted by molar-refractivity contribution is 0.196. The molecule has 1 saturated heterocycles. The summed E-state index contributed by atoms with van der Waals surface area (Å²) in [5, 5.41) is 3.07. The van der Waals surface area contributed by atoms with E-state index in [2.05, 4.69) is 17.1 Å². The second kappa shape index (κ2) is 6.34. The zero-order valence-corrected chi connectivity index (χ0v) is 14.1. The molecule has 0 unspecified atom stereocenters. The van der Waals surface area contributed by atoms with E-state index in [4.69, 9.17) is 0 Å². The van der Waals surface area contributed by atoms with Gasteiger partial charge in [-0.1, -0.05) is 6.92 Å². The monoisotopic (exact) mass is 311 g/mol. The Balaban J connectivity index is 2.32. The van der Waals surface area contributed by atoms with Crippen molar-refractivity contribution in [3.8, 4) is 0 Å². The predicted octanol–water partition coefficient (Wildman–Crippen LogP) is 1.67. The minimum absolute atomic E-state index is 0.464. The van der Waals surface area contributed by atoms with Crippen molar-refractivity contribution in [3.05, 3.63) is 23.3 Å². The molecule has 0 saturated carbocycles. The molecule has 1 N–H and O–H groups in total. The standard InChI is InChI=1S/C15H25N3O2S/c1-5-17-6-8-18(9-7-17)21(19,20)15-12(2)10-14(16-4)11-13(15)3/h10-11,16H,5-9H2,1-4H3. The first kappa shape index (κ1) is 16.3. The maximum absolute atomic E-state index is 12.9. The topological polar surface area (TPSA) is 52.7 Å². The Labute approximate surface area is 128 Å². The second-order valence-corrected chi connectivity index (χ2v) is 7.40. The normalized spacial score (nSPS) is 17.9. The maximum Gasteiger partial charge on any atom is 0.243 e. The van der Waals surface area contributed by atoms with Crippen LogP contribution in [0.2, 0.25) is 0 Å². The summed E-state index contributed by atoms with van der Waals surface area (Å²) >= 11 is 0. The van der Waals surface area contributed by atoms with Gasteiger partial charge in [-0.2, -0.15) is 4.31 Å². The highest BCUT2D eigenvalue weighted by atomic mass is 32.2. The van der Waals surface area contributed by atoms with Crippen LogP contribution >= 0.6 is 0 Å². The van der Waals surface area contributed by atoms with Gasteiger partial charge in [0.25, 0.3) is 0 Å². The molecule has 1 fully saturated rings. The number of piperazine rings is 1. The van der Waals surface area contributed by atoms with Crippen LogP contribution in [0.1, 0.15) is 18.1 Å². The Hall–Kier alpha value is -1.11. The lowest BCUT2D eigenvalue weighted by atomic mass is 10.1. The molecule has 6 heteroatoms. The third-order valence-electron chi connectivity index (χ3n) is 4.13. The molecule has 118 valence electrons. The number of nitrogens with one attached hydrogen (secondary N) is 1. The second-order valence-electron chi connectivity index (χ2n) is 5.53. The van der Waals surface area contributed by atoms with E-state index in [1.54, 1.807) is 4.31 Å². The van der Waals surface area contributed by atoms with Crippen molar-refractivity contribution in [3.63, 3.8) is 0 Å². The zero-order valence-electron chi connectivity index (χ0n) is 13.3. The summed E-state index contributed by atoms with van der Waals surface area (Å²) in [6.07, 6.45) is 0. The molecular weight excluding hydrogens is 286 g/mol. The molecule has 5 nitrogen and oxygen atoms in total. The van der Waals surface area contributed by atoms with E-state index in [9.17, 15) is 8.42 Å². The van der Waals surface area contributed by atoms with Crippen LogP contribution in [-0.2, 0) is 10.0 Å². The molecule has 2 rings (SSSR count). The van der Waals surface area contributed by atoms with Gasteiger partial charge in [0, 0.05) is 38.9 Å². The van der Waals surface area contributed by atoms with Crippen molar-refractivity contribution in [2.24, 2.45) is 0 Å². The number of aryl methyl sites for hydroxylation is 2. The lowest BCUT2D eigenvalue weighted by Gasteiger charge is -2.33. The molecule has 1 aromatic carbocycles. The molecule has 1 aliphatic heterocycles. The minimum atomic E-state index is -3.40. The summed E-state index contributed by atoms with van der Waals surface area (Å²) in [5.74, 6) is 0. The fraction of sp³-hybridized carbons (Fsp3) is 0.600. The van der Waals surface area contributed by atoms with Crippen molar-refractivity contribution in [1.29, 1.82) is 0 Å². The molecule has 1 heterocycles. The molecule has 0 amide bonds. The number of nitrogens with zero attached hydrogens (tertiary/aromatic N) is 2. The van der Waals surface area contributed by atoms with Crippen molar-refractivity contribution < 1.29 is 8.42 Å². The van der Waals surface area contributed by atoms with Crippen LogP contribution in [0.4, 0.5) is 5.69 Å². The fourth-order valence-electron chi connectivity index (χ4n) is 2.92. The Morgan fingerprint density at radius 2 is 1.62 bits per heavy atom. The average molecular weight is 311 g/mol. The van der Waals surface area contributed by atoms with E-state index in [1.807, 2.05) is 33.0 Å². The summed E-state index contributed by atoms with van der Waals surface area (Å²) in [4.78, 5) is 2.74. The number of hydrogen-bond donors (Lipinski definition) is 1. The van der Waals surface area contributed by atoms with Gasteiger partial charge in [0.1, 0.15) is 0 Å². The van der Waals surface area contributed by atoms with Crippen LogP contribution in [-0.4, -0.2) is 57.4 Å². The third-order valence-corrected chi connectivity index (χ3v) is 6.33. The van der Waals surface area contributed by atoms with Crippen LogP contribution in [0.5, 0.6) is 0 Å². The van der Waals surface area contributed by atoms with Crippen LogP contribution in [0.3, 0.4) is 0 Å². The lowest BCUT2D eigenvalue weighted by Crippen LogP contribution is -2.48. The van der Waals surface area contributed by atoms with Crippen LogP contribution in [0.25, 0.3) is 0 Å². The summed E-state index contributed by atoms with van der Waals surface area (Å²) in [5.41, 5.74) is 2.55. The molecular formula is C15H25N3O2S. The molecule has 0 atom stereocenters. The van der Waals surface area contributed by atoms with E-state index in [-0.39, 0.29) is 0 Å². The molecule has 0 aromatic heterocycles. The van der Waals surface area contributed by atoms with Gasteiger partial charge in [-0.05, 0) is 43.7 Å². The first-order valence-electron chi connectivity index (χ1n) is 7.41. The first-order chi connectivity index (χ1) is 9.90. The first-order valence-corrected chi connectivity index (χ1v) is 8.85. The molecule has 0 bridgehead atoms. The Morgan fingerprint density at radius 1 is 1.10 bits per heavy atom. The van der Waals surface area contributed by atoms with Gasteiger partial charge >= 0.3 is 0 Å². The van der Waals surface area contributed by atoms with E-state index in [0.717, 1.165) is 36.4 Å². The van der Waals surface area contributed by atoms with Gasteiger partial charge in [-0.25, -0.2) is 8.42 Å². The largest absolute Gasteiger partial charge is 0.388 e. The highest BCUT2D eigenvalue weighted by Crippen LogP contribution is 2.27. The van der Waals surface area contributed by atoms with E-state index in [1.165, 1.54) is 0 Å². The van der Waals surface area contributed by atoms with Crippen molar-refractivity contribution in [2.75, 3.05) is 45.1 Å². The highest BCUT2D eigenvalue weighted by Gasteiger charge is 2.30. The highest BCUT2D eigenvalue weighted by molar-refractivity contribution is 7.89. The van der Waals surface area contributed by atoms with Crippen molar-refractivity contribution in [2.45, 2.75) is 25.7 Å². The molecule has 1 aromatic rings. The fourth-order valence-corrected chi connectivity index (χ4v) is 4.75.